The Morgan fingerprint density at radius 2 is 1.77 bits per heavy atom. The molecule has 9 heteroatoms. The van der Waals surface area contributed by atoms with Crippen molar-refractivity contribution in [1.29, 1.82) is 0 Å². The number of carbonyl (C=O) groups is 4. The smallest absolute Gasteiger partial charge is 0.329 e. The lowest BCUT2D eigenvalue weighted by atomic mass is 10.3. The van der Waals surface area contributed by atoms with Crippen LogP contribution in [0, 0.1) is 0 Å². The molecule has 22 heavy (non-hydrogen) atoms. The van der Waals surface area contributed by atoms with Crippen molar-refractivity contribution in [2.24, 2.45) is 0 Å². The van der Waals surface area contributed by atoms with E-state index < -0.39 is 42.6 Å². The van der Waals surface area contributed by atoms with Gasteiger partial charge in [0.05, 0.1) is 19.2 Å². The molecule has 0 aliphatic carbocycles. The van der Waals surface area contributed by atoms with Crippen molar-refractivity contribution in [3.63, 3.8) is 0 Å². The van der Waals surface area contributed by atoms with Gasteiger partial charge in [-0.1, -0.05) is 0 Å². The molecule has 0 saturated heterocycles. The fraction of sp³-hybridized carbons (Fsp3) is 0.385. The molecule has 0 bridgehead atoms. The Kier molecular flexibility index (Phi) is 4.68. The average molecular weight is 310 g/mol. The third kappa shape index (κ3) is 3.57. The van der Waals surface area contributed by atoms with Gasteiger partial charge in [0.2, 0.25) is 5.91 Å². The van der Waals surface area contributed by atoms with Crippen LogP contribution < -0.4 is 0 Å². The zero-order valence-electron chi connectivity index (χ0n) is 11.4. The number of amides is 3. The van der Waals surface area contributed by atoms with Gasteiger partial charge in [0.15, 0.2) is 0 Å². The second-order valence-corrected chi connectivity index (χ2v) is 4.71. The van der Waals surface area contributed by atoms with Gasteiger partial charge in [-0.3, -0.25) is 19.3 Å². The molecule has 2 unspecified atom stereocenters. The first-order valence-electron chi connectivity index (χ1n) is 6.42. The lowest BCUT2D eigenvalue weighted by Crippen LogP contribution is -2.47. The van der Waals surface area contributed by atoms with Gasteiger partial charge in [0, 0.05) is 18.2 Å². The lowest BCUT2D eigenvalue weighted by Gasteiger charge is -2.28. The topological polar surface area (TPSA) is 124 Å². The molecule has 0 saturated carbocycles. The molecule has 0 aromatic heterocycles. The van der Waals surface area contributed by atoms with Crippen molar-refractivity contribution in [2.75, 3.05) is 19.7 Å². The van der Waals surface area contributed by atoms with Gasteiger partial charge in [-0.2, -0.15) is 0 Å². The molecule has 0 aromatic rings. The minimum absolute atomic E-state index is 0.155. The van der Waals surface area contributed by atoms with Crippen molar-refractivity contribution in [1.82, 2.24) is 9.80 Å². The molecule has 0 aromatic carbocycles. The van der Waals surface area contributed by atoms with Gasteiger partial charge < -0.3 is 19.8 Å². The second-order valence-electron chi connectivity index (χ2n) is 4.71. The number of rotatable bonds is 7. The fourth-order valence-electron chi connectivity index (χ4n) is 2.08. The summed E-state index contributed by atoms with van der Waals surface area (Å²) in [5.41, 5.74) is 0. The zero-order chi connectivity index (χ0) is 16.3. The van der Waals surface area contributed by atoms with Crippen LogP contribution in [0.15, 0.2) is 24.3 Å². The molecule has 118 valence electrons. The van der Waals surface area contributed by atoms with Gasteiger partial charge >= 0.3 is 5.97 Å². The summed E-state index contributed by atoms with van der Waals surface area (Å²) in [6.45, 7) is -1.02. The number of nitrogens with zero attached hydrogens (tertiary/aromatic N) is 2. The molecule has 2 atom stereocenters. The number of aliphatic carboxylic acids is 1. The SMILES string of the molecule is O=C(O)COC(CN1C(=O)C=CC1=O)CN1C(=O)C=CC1O. The van der Waals surface area contributed by atoms with Gasteiger partial charge in [0.25, 0.3) is 11.8 Å². The predicted octanol–water partition coefficient (Wildman–Crippen LogP) is -1.90. The number of carboxylic acid groups (broad SMARTS) is 1. The third-order valence-corrected chi connectivity index (χ3v) is 3.14. The highest BCUT2D eigenvalue weighted by Crippen LogP contribution is 2.13. The maximum Gasteiger partial charge on any atom is 0.329 e. The van der Waals surface area contributed by atoms with Crippen LogP contribution in [0.25, 0.3) is 0 Å². The van der Waals surface area contributed by atoms with Crippen LogP contribution in [0.3, 0.4) is 0 Å². The minimum Gasteiger partial charge on any atom is -0.480 e. The van der Waals surface area contributed by atoms with Crippen LogP contribution in [0.2, 0.25) is 0 Å². The molecular weight excluding hydrogens is 296 g/mol. The number of aliphatic hydroxyl groups excluding tert-OH is 1. The van der Waals surface area contributed by atoms with Crippen LogP contribution in [-0.2, 0) is 23.9 Å². The number of hydrogen-bond acceptors (Lipinski definition) is 6. The standard InChI is InChI=1S/C13H14N2O7/c16-9-1-2-10(17)14(9)5-8(22-7-13(20)21)6-15-11(18)3-4-12(15)19/h1-4,8-9,16H,5-7H2,(H,20,21). The molecule has 0 radical (unpaired) electrons. The monoisotopic (exact) mass is 310 g/mol. The number of carboxylic acids is 1. The number of imide groups is 1. The normalized spacial score (nSPS) is 22.0. The van der Waals surface area contributed by atoms with E-state index in [0.29, 0.717) is 0 Å². The van der Waals surface area contributed by atoms with Crippen molar-refractivity contribution in [3.05, 3.63) is 24.3 Å². The first-order chi connectivity index (χ1) is 10.4. The number of aliphatic hydroxyl groups is 1. The van der Waals surface area contributed by atoms with E-state index in [0.717, 1.165) is 22.0 Å². The molecule has 0 spiro atoms. The van der Waals surface area contributed by atoms with Gasteiger partial charge in [0.1, 0.15) is 12.8 Å². The van der Waals surface area contributed by atoms with Crippen LogP contribution in [0.5, 0.6) is 0 Å². The minimum atomic E-state index is -1.23. The number of carbonyl (C=O) groups excluding carboxylic acids is 3. The number of ether oxygens (including phenoxy) is 1. The maximum atomic E-state index is 11.6. The Morgan fingerprint density at radius 3 is 2.27 bits per heavy atom. The highest BCUT2D eigenvalue weighted by Gasteiger charge is 2.31. The van der Waals surface area contributed by atoms with Gasteiger partial charge in [-0.15, -0.1) is 0 Å². The highest BCUT2D eigenvalue weighted by molar-refractivity contribution is 6.12. The Morgan fingerprint density at radius 1 is 1.14 bits per heavy atom. The summed E-state index contributed by atoms with van der Waals surface area (Å²) in [6.07, 6.45) is 2.55. The Hall–Kier alpha value is -2.52. The molecule has 2 rings (SSSR count). The summed E-state index contributed by atoms with van der Waals surface area (Å²) in [5, 5.41) is 18.3. The van der Waals surface area contributed by atoms with E-state index in [1.54, 1.807) is 0 Å². The maximum absolute atomic E-state index is 11.6. The molecule has 2 aliphatic heterocycles. The molecule has 0 fully saturated rings. The molecular formula is C13H14N2O7. The predicted molar refractivity (Wildman–Crippen MR) is 70.1 cm³/mol. The molecule has 2 aliphatic rings. The van der Waals surface area contributed by atoms with Crippen LogP contribution in [-0.4, -0.2) is 75.7 Å². The highest BCUT2D eigenvalue weighted by atomic mass is 16.5. The summed E-state index contributed by atoms with van der Waals surface area (Å²) >= 11 is 0. The van der Waals surface area contributed by atoms with E-state index in [9.17, 15) is 24.3 Å². The van der Waals surface area contributed by atoms with E-state index in [1.807, 2.05) is 0 Å². The fourth-order valence-corrected chi connectivity index (χ4v) is 2.08. The summed E-state index contributed by atoms with van der Waals surface area (Å²) in [7, 11) is 0. The molecule has 2 heterocycles. The van der Waals surface area contributed by atoms with Gasteiger partial charge in [-0.25, -0.2) is 4.79 Å². The number of hydrogen-bond donors (Lipinski definition) is 2. The van der Waals surface area contributed by atoms with Crippen LogP contribution >= 0.6 is 0 Å². The van der Waals surface area contributed by atoms with Crippen molar-refractivity contribution in [3.8, 4) is 0 Å². The Balaban J connectivity index is 2.02. The van der Waals surface area contributed by atoms with E-state index in [2.05, 4.69) is 0 Å². The molecule has 3 amide bonds. The lowest BCUT2D eigenvalue weighted by molar-refractivity contribution is -0.148. The first kappa shape index (κ1) is 15.9. The average Bonchev–Trinajstić information content (AvgIpc) is 2.94. The quantitative estimate of drug-likeness (QED) is 0.526. The van der Waals surface area contributed by atoms with E-state index in [4.69, 9.17) is 9.84 Å². The molecule has 2 N–H and O–H groups in total. The van der Waals surface area contributed by atoms with Crippen LogP contribution in [0.1, 0.15) is 0 Å². The van der Waals surface area contributed by atoms with Crippen LogP contribution in [0.4, 0.5) is 0 Å². The molecule has 9 nitrogen and oxygen atoms in total. The van der Waals surface area contributed by atoms with E-state index in [-0.39, 0.29) is 13.1 Å². The Labute approximate surface area is 125 Å². The Bertz CT molecular complexity index is 551. The van der Waals surface area contributed by atoms with Crippen molar-refractivity contribution >= 4 is 23.7 Å². The zero-order valence-corrected chi connectivity index (χ0v) is 11.4. The van der Waals surface area contributed by atoms with E-state index >= 15 is 0 Å². The summed E-state index contributed by atoms with van der Waals surface area (Å²) in [6, 6.07) is 0. The van der Waals surface area contributed by atoms with E-state index in [1.165, 1.54) is 12.2 Å². The summed E-state index contributed by atoms with van der Waals surface area (Å²) in [5.74, 6) is -2.78. The van der Waals surface area contributed by atoms with Gasteiger partial charge in [-0.05, 0) is 6.08 Å². The first-order valence-corrected chi connectivity index (χ1v) is 6.42. The third-order valence-electron chi connectivity index (χ3n) is 3.14. The second kappa shape index (κ2) is 6.50. The van der Waals surface area contributed by atoms with Crippen molar-refractivity contribution < 1.29 is 34.1 Å². The summed E-state index contributed by atoms with van der Waals surface area (Å²) < 4.78 is 5.11. The summed E-state index contributed by atoms with van der Waals surface area (Å²) in [4.78, 5) is 47.2. The largest absolute Gasteiger partial charge is 0.480 e. The van der Waals surface area contributed by atoms with Crippen molar-refractivity contribution in [2.45, 2.75) is 12.3 Å².